The second kappa shape index (κ2) is 8.45. The van der Waals surface area contributed by atoms with E-state index >= 15 is 0 Å². The van der Waals surface area contributed by atoms with Gasteiger partial charge in [-0.25, -0.2) is 9.78 Å². The minimum absolute atomic E-state index is 0.512. The van der Waals surface area contributed by atoms with E-state index in [1.165, 1.54) is 17.4 Å². The summed E-state index contributed by atoms with van der Waals surface area (Å²) in [5, 5.41) is 9.88. The number of nitrogens with zero attached hydrogens (tertiary/aromatic N) is 1. The number of aryl methyl sites for hydroxylation is 1. The highest BCUT2D eigenvalue weighted by molar-refractivity contribution is 7.12. The lowest BCUT2D eigenvalue weighted by Gasteiger charge is -2.08. The number of aliphatic carboxylic acids is 1. The second-order valence-corrected chi connectivity index (χ2v) is 7.11. The van der Waals surface area contributed by atoms with Crippen molar-refractivity contribution in [2.75, 3.05) is 0 Å². The van der Waals surface area contributed by atoms with E-state index in [2.05, 4.69) is 4.98 Å². The quantitative estimate of drug-likeness (QED) is 0.614. The van der Waals surface area contributed by atoms with Crippen molar-refractivity contribution in [1.82, 2.24) is 4.98 Å². The van der Waals surface area contributed by atoms with Crippen molar-refractivity contribution in [2.24, 2.45) is 0 Å². The lowest BCUT2D eigenvalue weighted by atomic mass is 10.1. The molecule has 0 bridgehead atoms. The van der Waals surface area contributed by atoms with E-state index in [0.29, 0.717) is 18.6 Å². The molecule has 0 amide bonds. The summed E-state index contributed by atoms with van der Waals surface area (Å²) in [7, 11) is 0. The van der Waals surface area contributed by atoms with E-state index in [1.54, 1.807) is 6.20 Å². The zero-order valence-corrected chi connectivity index (χ0v) is 15.2. The average Bonchev–Trinajstić information content (AvgIpc) is 3.07. The molecule has 0 aliphatic rings. The van der Waals surface area contributed by atoms with Crippen LogP contribution in [-0.4, -0.2) is 16.1 Å². The van der Waals surface area contributed by atoms with Gasteiger partial charge < -0.3 is 9.84 Å². The Bertz CT molecular complexity index is 899. The van der Waals surface area contributed by atoms with E-state index < -0.39 is 5.97 Å². The molecule has 0 radical (unpaired) electrons. The van der Waals surface area contributed by atoms with Gasteiger partial charge in [0.2, 0.25) is 0 Å². The van der Waals surface area contributed by atoms with Gasteiger partial charge in [0.05, 0.1) is 0 Å². The van der Waals surface area contributed by atoms with Gasteiger partial charge in [0.25, 0.3) is 0 Å². The van der Waals surface area contributed by atoms with Crippen molar-refractivity contribution < 1.29 is 14.6 Å². The van der Waals surface area contributed by atoms with Gasteiger partial charge in [-0.2, -0.15) is 0 Å². The van der Waals surface area contributed by atoms with Crippen LogP contribution in [0.3, 0.4) is 0 Å². The number of ether oxygens (including phenoxy) is 1. The highest BCUT2D eigenvalue weighted by Gasteiger charge is 2.10. The molecule has 1 heterocycles. The summed E-state index contributed by atoms with van der Waals surface area (Å²) in [6.07, 6.45) is 3.51. The summed E-state index contributed by atoms with van der Waals surface area (Å²) >= 11 is 1.50. The van der Waals surface area contributed by atoms with Gasteiger partial charge in [0.1, 0.15) is 17.4 Å². The monoisotopic (exact) mass is 365 g/mol. The first-order valence-electron chi connectivity index (χ1n) is 8.22. The summed E-state index contributed by atoms with van der Waals surface area (Å²) in [5.41, 5.74) is 2.83. The van der Waals surface area contributed by atoms with Crippen molar-refractivity contribution in [3.8, 4) is 5.75 Å². The molecule has 0 atom stereocenters. The number of carboxylic acids is 1. The highest BCUT2D eigenvalue weighted by atomic mass is 32.1. The zero-order valence-electron chi connectivity index (χ0n) is 14.4. The molecule has 26 heavy (non-hydrogen) atoms. The maximum Gasteiger partial charge on any atom is 0.328 e. The molecule has 1 aromatic heterocycles. The predicted molar refractivity (Wildman–Crippen MR) is 103 cm³/mol. The summed E-state index contributed by atoms with van der Waals surface area (Å²) in [4.78, 5) is 16.5. The van der Waals surface area contributed by atoms with Crippen molar-refractivity contribution in [1.29, 1.82) is 0 Å². The molecule has 132 valence electrons. The van der Waals surface area contributed by atoms with Crippen molar-refractivity contribution in [2.45, 2.75) is 20.0 Å². The average molecular weight is 365 g/mol. The number of hydrogen-bond acceptors (Lipinski definition) is 4. The van der Waals surface area contributed by atoms with Crippen molar-refractivity contribution in [3.63, 3.8) is 0 Å². The van der Waals surface area contributed by atoms with E-state index in [9.17, 15) is 4.79 Å². The van der Waals surface area contributed by atoms with Crippen LogP contribution in [0, 0.1) is 6.92 Å². The van der Waals surface area contributed by atoms with Crippen LogP contribution in [0.5, 0.6) is 5.75 Å². The Hall–Kier alpha value is -2.92. The summed E-state index contributed by atoms with van der Waals surface area (Å²) in [6, 6.07) is 17.7. The third-order valence-corrected chi connectivity index (χ3v) is 4.75. The van der Waals surface area contributed by atoms with Crippen LogP contribution >= 0.6 is 11.3 Å². The van der Waals surface area contributed by atoms with Crippen LogP contribution in [0.1, 0.15) is 21.0 Å². The molecule has 4 nitrogen and oxygen atoms in total. The van der Waals surface area contributed by atoms with Gasteiger partial charge in [-0.3, -0.25) is 0 Å². The first kappa shape index (κ1) is 17.9. The molecule has 0 fully saturated rings. The molecule has 0 saturated heterocycles. The van der Waals surface area contributed by atoms with E-state index in [0.717, 1.165) is 26.8 Å². The Labute approximate surface area is 156 Å². The van der Waals surface area contributed by atoms with Gasteiger partial charge >= 0.3 is 5.97 Å². The Morgan fingerprint density at radius 1 is 1.12 bits per heavy atom. The number of carbonyl (C=O) groups is 1. The highest BCUT2D eigenvalue weighted by Crippen LogP contribution is 2.25. The predicted octanol–water partition coefficient (Wildman–Crippen LogP) is 4.74. The maximum atomic E-state index is 11.1. The van der Waals surface area contributed by atoms with E-state index in [4.69, 9.17) is 9.84 Å². The number of hydrogen-bond donors (Lipinski definition) is 1. The fraction of sp³-hybridized carbons (Fsp3) is 0.143. The van der Waals surface area contributed by atoms with Gasteiger partial charge in [-0.05, 0) is 35.8 Å². The zero-order chi connectivity index (χ0) is 18.4. The normalized spacial score (nSPS) is 11.3. The molecule has 0 unspecified atom stereocenters. The minimum Gasteiger partial charge on any atom is -0.489 e. The van der Waals surface area contributed by atoms with Crippen LogP contribution in [-0.2, 0) is 17.8 Å². The van der Waals surface area contributed by atoms with Crippen LogP contribution in [0.4, 0.5) is 0 Å². The number of benzene rings is 2. The molecule has 0 saturated carbocycles. The largest absolute Gasteiger partial charge is 0.489 e. The van der Waals surface area contributed by atoms with Crippen LogP contribution in [0.2, 0.25) is 0 Å². The third kappa shape index (κ3) is 5.04. The number of thiazole rings is 1. The number of allylic oxidation sites excluding steroid dienone is 1. The molecule has 0 aliphatic carbocycles. The molecule has 1 N–H and O–H groups in total. The molecular formula is C21H19NO3S. The first-order chi connectivity index (χ1) is 12.6. The lowest BCUT2D eigenvalue weighted by Crippen LogP contribution is -1.97. The first-order valence-corrected chi connectivity index (χ1v) is 9.04. The summed E-state index contributed by atoms with van der Waals surface area (Å²) in [6.45, 7) is 2.47. The molecule has 5 heteroatoms. The molecule has 3 aromatic rings. The third-order valence-electron chi connectivity index (χ3n) is 3.76. The van der Waals surface area contributed by atoms with Crippen molar-refractivity contribution >= 4 is 22.9 Å². The number of aromatic nitrogens is 1. The fourth-order valence-electron chi connectivity index (χ4n) is 2.50. The Morgan fingerprint density at radius 2 is 1.85 bits per heavy atom. The van der Waals surface area contributed by atoms with Gasteiger partial charge in [0, 0.05) is 23.6 Å². The Balaban J connectivity index is 1.68. The van der Waals surface area contributed by atoms with Crippen LogP contribution in [0.25, 0.3) is 5.57 Å². The SMILES string of the molecule is Cc1cnc(/C(=C\C(=O)O)Cc2ccc(OCc3ccccc3)cc2)s1. The van der Waals surface area contributed by atoms with Crippen molar-refractivity contribution in [3.05, 3.63) is 87.9 Å². The number of carboxylic acid groups (broad SMARTS) is 1. The molecule has 3 rings (SSSR count). The van der Waals surface area contributed by atoms with Gasteiger partial charge in [-0.1, -0.05) is 42.5 Å². The summed E-state index contributed by atoms with van der Waals surface area (Å²) < 4.78 is 5.79. The smallest absolute Gasteiger partial charge is 0.328 e. The second-order valence-electron chi connectivity index (χ2n) is 5.88. The van der Waals surface area contributed by atoms with E-state index in [-0.39, 0.29) is 0 Å². The molecule has 2 aromatic carbocycles. The van der Waals surface area contributed by atoms with Gasteiger partial charge in [-0.15, -0.1) is 11.3 Å². The summed E-state index contributed by atoms with van der Waals surface area (Å²) in [5.74, 6) is -0.179. The van der Waals surface area contributed by atoms with E-state index in [1.807, 2.05) is 61.5 Å². The van der Waals surface area contributed by atoms with Crippen LogP contribution in [0.15, 0.2) is 66.9 Å². The molecule has 0 spiro atoms. The standard InChI is InChI=1S/C21H19NO3S/c1-15-13-22-21(26-15)18(12-20(23)24)11-16-7-9-19(10-8-16)25-14-17-5-3-2-4-6-17/h2-10,12-13H,11,14H2,1H3,(H,23,24)/b18-12-. The van der Waals surface area contributed by atoms with Crippen LogP contribution < -0.4 is 4.74 Å². The Morgan fingerprint density at radius 3 is 2.46 bits per heavy atom. The lowest BCUT2D eigenvalue weighted by molar-refractivity contribution is -0.131. The maximum absolute atomic E-state index is 11.1. The molecular weight excluding hydrogens is 346 g/mol. The minimum atomic E-state index is -0.962. The van der Waals surface area contributed by atoms with Gasteiger partial charge in [0.15, 0.2) is 0 Å². The fourth-order valence-corrected chi connectivity index (χ4v) is 3.28. The molecule has 0 aliphatic heterocycles. The number of rotatable bonds is 7. The topological polar surface area (TPSA) is 59.4 Å². The Kier molecular flexibility index (Phi) is 5.81.